The van der Waals surface area contributed by atoms with Crippen LogP contribution in [0.15, 0.2) is 53.9 Å². The topological polar surface area (TPSA) is 17.1 Å². The van der Waals surface area contributed by atoms with E-state index in [9.17, 15) is 4.79 Å². The number of aryl methyl sites for hydroxylation is 1. The molecule has 0 radical (unpaired) electrons. The Labute approximate surface area is 118 Å². The Morgan fingerprint density at radius 1 is 1.16 bits per heavy atom. The summed E-state index contributed by atoms with van der Waals surface area (Å²) in [4.78, 5) is 12.5. The summed E-state index contributed by atoms with van der Waals surface area (Å²) >= 11 is 1.69. The molecule has 0 aliphatic carbocycles. The van der Waals surface area contributed by atoms with E-state index in [2.05, 4.69) is 18.2 Å². The summed E-state index contributed by atoms with van der Waals surface area (Å²) in [6, 6.07) is 14.4. The first-order valence-electron chi connectivity index (χ1n) is 6.45. The standard InChI is InChI=1S/C17H18OS/c1-17(14-18,12-10-16-8-5-13-19-16)11-9-15-6-3-2-4-7-15/h2-8,10,12-14H,9,11H2,1H3/b12-10+. The lowest BCUT2D eigenvalue weighted by atomic mass is 9.85. The van der Waals surface area contributed by atoms with Gasteiger partial charge in [0.1, 0.15) is 6.29 Å². The summed E-state index contributed by atoms with van der Waals surface area (Å²) in [7, 11) is 0. The van der Waals surface area contributed by atoms with Gasteiger partial charge in [-0.2, -0.15) is 0 Å². The van der Waals surface area contributed by atoms with Crippen molar-refractivity contribution in [1.82, 2.24) is 0 Å². The molecule has 0 saturated carbocycles. The Hall–Kier alpha value is -1.67. The second-order valence-corrected chi connectivity index (χ2v) is 5.94. The summed E-state index contributed by atoms with van der Waals surface area (Å²) in [5, 5.41) is 2.04. The summed E-state index contributed by atoms with van der Waals surface area (Å²) < 4.78 is 0. The van der Waals surface area contributed by atoms with Crippen LogP contribution in [-0.4, -0.2) is 6.29 Å². The number of hydrogen-bond acceptors (Lipinski definition) is 2. The summed E-state index contributed by atoms with van der Waals surface area (Å²) in [5.74, 6) is 0. The van der Waals surface area contributed by atoms with Crippen LogP contribution in [0.5, 0.6) is 0 Å². The molecule has 2 aromatic rings. The average Bonchev–Trinajstić information content (AvgIpc) is 2.98. The van der Waals surface area contributed by atoms with Crippen LogP contribution in [0.3, 0.4) is 0 Å². The zero-order valence-corrected chi connectivity index (χ0v) is 11.9. The van der Waals surface area contributed by atoms with E-state index in [4.69, 9.17) is 0 Å². The Bertz CT molecular complexity index is 528. The molecule has 0 amide bonds. The van der Waals surface area contributed by atoms with Gasteiger partial charge in [-0.05, 0) is 42.9 Å². The van der Waals surface area contributed by atoms with Gasteiger partial charge in [0.2, 0.25) is 0 Å². The molecule has 0 N–H and O–H groups in total. The summed E-state index contributed by atoms with van der Waals surface area (Å²) in [5.41, 5.74) is 0.889. The number of allylic oxidation sites excluding steroid dienone is 1. The minimum absolute atomic E-state index is 0.389. The molecule has 1 heterocycles. The van der Waals surface area contributed by atoms with Gasteiger partial charge in [0, 0.05) is 10.3 Å². The first kappa shape index (κ1) is 13.8. The Morgan fingerprint density at radius 2 is 1.95 bits per heavy atom. The van der Waals surface area contributed by atoms with Crippen LogP contribution < -0.4 is 0 Å². The van der Waals surface area contributed by atoms with E-state index in [1.807, 2.05) is 48.7 Å². The molecule has 0 fully saturated rings. The van der Waals surface area contributed by atoms with Crippen molar-refractivity contribution in [2.45, 2.75) is 19.8 Å². The summed E-state index contributed by atoms with van der Waals surface area (Å²) in [6.45, 7) is 1.99. The van der Waals surface area contributed by atoms with Crippen molar-refractivity contribution in [2.75, 3.05) is 0 Å². The van der Waals surface area contributed by atoms with E-state index in [-0.39, 0.29) is 5.41 Å². The van der Waals surface area contributed by atoms with Crippen LogP contribution in [0.4, 0.5) is 0 Å². The molecule has 1 atom stereocenters. The Morgan fingerprint density at radius 3 is 2.58 bits per heavy atom. The predicted molar refractivity (Wildman–Crippen MR) is 82.3 cm³/mol. The molecule has 1 nitrogen and oxygen atoms in total. The highest BCUT2D eigenvalue weighted by atomic mass is 32.1. The lowest BCUT2D eigenvalue weighted by Crippen LogP contribution is -2.15. The van der Waals surface area contributed by atoms with E-state index < -0.39 is 0 Å². The lowest BCUT2D eigenvalue weighted by Gasteiger charge is -2.18. The maximum Gasteiger partial charge on any atom is 0.129 e. The highest BCUT2D eigenvalue weighted by Crippen LogP contribution is 2.25. The van der Waals surface area contributed by atoms with Crippen LogP contribution in [0.25, 0.3) is 6.08 Å². The number of carbonyl (C=O) groups is 1. The van der Waals surface area contributed by atoms with Crippen LogP contribution in [-0.2, 0) is 11.2 Å². The van der Waals surface area contributed by atoms with E-state index in [0.717, 1.165) is 19.1 Å². The maximum atomic E-state index is 11.4. The van der Waals surface area contributed by atoms with Crippen LogP contribution in [0.2, 0.25) is 0 Å². The molecule has 0 saturated heterocycles. The van der Waals surface area contributed by atoms with Crippen molar-refractivity contribution in [1.29, 1.82) is 0 Å². The van der Waals surface area contributed by atoms with Gasteiger partial charge in [0.15, 0.2) is 0 Å². The molecule has 0 aliphatic heterocycles. The monoisotopic (exact) mass is 270 g/mol. The third-order valence-electron chi connectivity index (χ3n) is 3.24. The van der Waals surface area contributed by atoms with Gasteiger partial charge in [-0.1, -0.05) is 42.5 Å². The fraction of sp³-hybridized carbons (Fsp3) is 0.235. The number of rotatable bonds is 6. The van der Waals surface area contributed by atoms with Gasteiger partial charge in [0.05, 0.1) is 0 Å². The highest BCUT2D eigenvalue weighted by molar-refractivity contribution is 7.10. The van der Waals surface area contributed by atoms with Gasteiger partial charge in [0.25, 0.3) is 0 Å². The SMILES string of the molecule is CC(C=O)(/C=C/c1cccs1)CCc1ccccc1. The molecule has 1 aromatic heterocycles. The van der Waals surface area contributed by atoms with Gasteiger partial charge >= 0.3 is 0 Å². The molecular formula is C17H18OS. The summed E-state index contributed by atoms with van der Waals surface area (Å²) in [6.07, 6.45) is 6.88. The van der Waals surface area contributed by atoms with Gasteiger partial charge in [-0.25, -0.2) is 0 Å². The van der Waals surface area contributed by atoms with Crippen molar-refractivity contribution >= 4 is 23.7 Å². The zero-order chi connectivity index (χ0) is 13.6. The fourth-order valence-corrected chi connectivity index (χ4v) is 2.52. The largest absolute Gasteiger partial charge is 0.302 e. The molecule has 98 valence electrons. The van der Waals surface area contributed by atoms with E-state index in [0.29, 0.717) is 0 Å². The molecule has 0 bridgehead atoms. The average molecular weight is 270 g/mol. The Balaban J connectivity index is 2.00. The molecule has 1 aromatic carbocycles. The van der Waals surface area contributed by atoms with Crippen molar-refractivity contribution in [3.8, 4) is 0 Å². The van der Waals surface area contributed by atoms with Crippen molar-refractivity contribution in [2.24, 2.45) is 5.41 Å². The number of benzene rings is 1. The fourth-order valence-electron chi connectivity index (χ4n) is 1.90. The van der Waals surface area contributed by atoms with Gasteiger partial charge in [-0.3, -0.25) is 0 Å². The van der Waals surface area contributed by atoms with Gasteiger partial charge in [-0.15, -0.1) is 11.3 Å². The van der Waals surface area contributed by atoms with Gasteiger partial charge < -0.3 is 4.79 Å². The molecule has 0 spiro atoms. The minimum Gasteiger partial charge on any atom is -0.302 e. The van der Waals surface area contributed by atoms with Crippen molar-refractivity contribution < 1.29 is 4.79 Å². The molecular weight excluding hydrogens is 252 g/mol. The molecule has 19 heavy (non-hydrogen) atoms. The normalized spacial score (nSPS) is 14.4. The smallest absolute Gasteiger partial charge is 0.129 e. The minimum atomic E-state index is -0.389. The zero-order valence-electron chi connectivity index (χ0n) is 11.1. The van der Waals surface area contributed by atoms with E-state index in [1.54, 1.807) is 11.3 Å². The second-order valence-electron chi connectivity index (χ2n) is 4.96. The first-order chi connectivity index (χ1) is 9.22. The molecule has 1 unspecified atom stereocenters. The van der Waals surface area contributed by atoms with Crippen LogP contribution in [0, 0.1) is 5.41 Å². The lowest BCUT2D eigenvalue weighted by molar-refractivity contribution is -0.113. The molecule has 0 aliphatic rings. The van der Waals surface area contributed by atoms with E-state index >= 15 is 0 Å². The number of hydrogen-bond donors (Lipinski definition) is 0. The highest BCUT2D eigenvalue weighted by Gasteiger charge is 2.19. The van der Waals surface area contributed by atoms with E-state index in [1.165, 1.54) is 10.4 Å². The second kappa shape index (κ2) is 6.48. The van der Waals surface area contributed by atoms with Crippen LogP contribution in [0.1, 0.15) is 23.8 Å². The third-order valence-corrected chi connectivity index (χ3v) is 4.07. The quantitative estimate of drug-likeness (QED) is 0.701. The number of carbonyl (C=O) groups excluding carboxylic acids is 1. The third kappa shape index (κ3) is 4.18. The number of aldehydes is 1. The predicted octanol–water partition coefficient (Wildman–Crippen LogP) is 4.60. The first-order valence-corrected chi connectivity index (χ1v) is 7.33. The van der Waals surface area contributed by atoms with Crippen molar-refractivity contribution in [3.63, 3.8) is 0 Å². The molecule has 2 heteroatoms. The maximum absolute atomic E-state index is 11.4. The number of thiophene rings is 1. The van der Waals surface area contributed by atoms with Crippen LogP contribution >= 0.6 is 11.3 Å². The Kier molecular flexibility index (Phi) is 4.69. The van der Waals surface area contributed by atoms with Crippen molar-refractivity contribution in [3.05, 3.63) is 64.4 Å². The molecule has 2 rings (SSSR count).